The Morgan fingerprint density at radius 1 is 1.12 bits per heavy atom. The fourth-order valence-corrected chi connectivity index (χ4v) is 4.21. The standard InChI is InChI=1S/C18H23ClN4O2/c19-13-6-4-11(5-7-13)15-8-16(22-21-15)18(25)23-9-12-2-1-3-14(10-23)20-17(12)24/h4-7,12,14-16,21-22H,1-3,8-10H2,(H,20,24)/t12-,14+,15?,16?/m1/s1. The highest BCUT2D eigenvalue weighted by atomic mass is 35.5. The van der Waals surface area contributed by atoms with Crippen LogP contribution in [0, 0.1) is 5.92 Å². The molecule has 134 valence electrons. The molecule has 0 radical (unpaired) electrons. The summed E-state index contributed by atoms with van der Waals surface area (Å²) in [6, 6.07) is 7.58. The van der Waals surface area contributed by atoms with E-state index in [-0.39, 0.29) is 35.9 Å². The van der Waals surface area contributed by atoms with E-state index in [9.17, 15) is 9.59 Å². The number of rotatable bonds is 2. The molecule has 2 bridgehead atoms. The van der Waals surface area contributed by atoms with Crippen LogP contribution in [0.25, 0.3) is 0 Å². The molecule has 0 saturated carbocycles. The minimum atomic E-state index is -0.269. The molecule has 2 unspecified atom stereocenters. The van der Waals surface area contributed by atoms with Gasteiger partial charge in [-0.1, -0.05) is 30.2 Å². The van der Waals surface area contributed by atoms with Crippen LogP contribution in [0.1, 0.15) is 37.3 Å². The van der Waals surface area contributed by atoms with Crippen molar-refractivity contribution in [1.29, 1.82) is 0 Å². The van der Waals surface area contributed by atoms with Crippen LogP contribution in [0.2, 0.25) is 5.02 Å². The quantitative estimate of drug-likeness (QED) is 0.743. The SMILES string of the molecule is O=C1N[C@H]2CCC[C@@H]1CN(C(=O)C1CC(c3ccc(Cl)cc3)NN1)C2. The molecule has 3 fully saturated rings. The number of benzene rings is 1. The number of halogens is 1. The first-order valence-electron chi connectivity index (χ1n) is 8.96. The van der Waals surface area contributed by atoms with E-state index in [4.69, 9.17) is 11.6 Å². The lowest BCUT2D eigenvalue weighted by molar-refractivity contribution is -0.134. The lowest BCUT2D eigenvalue weighted by atomic mass is 9.97. The van der Waals surface area contributed by atoms with Crippen molar-refractivity contribution in [1.82, 2.24) is 21.1 Å². The molecule has 3 aliphatic rings. The fourth-order valence-electron chi connectivity index (χ4n) is 4.08. The summed E-state index contributed by atoms with van der Waals surface area (Å²) in [6.07, 6.45) is 3.57. The molecule has 4 rings (SSSR count). The average Bonchev–Trinajstić information content (AvgIpc) is 2.93. The van der Waals surface area contributed by atoms with Gasteiger partial charge in [-0.15, -0.1) is 0 Å². The Morgan fingerprint density at radius 3 is 2.72 bits per heavy atom. The number of hydrogen-bond donors (Lipinski definition) is 3. The second-order valence-corrected chi connectivity index (χ2v) is 7.69. The molecule has 3 aliphatic heterocycles. The van der Waals surface area contributed by atoms with Crippen LogP contribution in [-0.2, 0) is 9.59 Å². The molecule has 6 nitrogen and oxygen atoms in total. The Balaban J connectivity index is 1.43. The van der Waals surface area contributed by atoms with Crippen LogP contribution < -0.4 is 16.2 Å². The zero-order chi connectivity index (χ0) is 17.4. The summed E-state index contributed by atoms with van der Waals surface area (Å²) in [6.45, 7) is 1.15. The van der Waals surface area contributed by atoms with Crippen LogP contribution in [0.4, 0.5) is 0 Å². The third-order valence-corrected chi connectivity index (χ3v) is 5.74. The normalized spacial score (nSPS) is 32.2. The van der Waals surface area contributed by atoms with Gasteiger partial charge in [0, 0.05) is 30.2 Å². The smallest absolute Gasteiger partial charge is 0.241 e. The molecule has 0 aliphatic carbocycles. The van der Waals surface area contributed by atoms with Crippen molar-refractivity contribution in [2.24, 2.45) is 5.92 Å². The van der Waals surface area contributed by atoms with Gasteiger partial charge in [-0.2, -0.15) is 0 Å². The Hall–Kier alpha value is -1.63. The average molecular weight is 363 g/mol. The Labute approximate surface area is 152 Å². The van der Waals surface area contributed by atoms with Gasteiger partial charge in [0.05, 0.1) is 5.92 Å². The lowest BCUT2D eigenvalue weighted by Gasteiger charge is -2.29. The summed E-state index contributed by atoms with van der Waals surface area (Å²) in [5.74, 6) is 0.115. The highest BCUT2D eigenvalue weighted by molar-refractivity contribution is 6.30. The minimum Gasteiger partial charge on any atom is -0.351 e. The maximum atomic E-state index is 13.0. The molecule has 3 heterocycles. The lowest BCUT2D eigenvalue weighted by Crippen LogP contribution is -2.49. The summed E-state index contributed by atoms with van der Waals surface area (Å²) in [7, 11) is 0. The molecule has 1 aromatic carbocycles. The van der Waals surface area contributed by atoms with Crippen LogP contribution in [0.5, 0.6) is 0 Å². The third-order valence-electron chi connectivity index (χ3n) is 5.49. The number of likely N-dealkylation sites (tertiary alicyclic amines) is 1. The number of fused-ring (bicyclic) bond motifs is 3. The molecule has 3 N–H and O–H groups in total. The Morgan fingerprint density at radius 2 is 1.92 bits per heavy atom. The molecule has 7 heteroatoms. The summed E-state index contributed by atoms with van der Waals surface area (Å²) >= 11 is 5.94. The molecule has 25 heavy (non-hydrogen) atoms. The first kappa shape index (κ1) is 16.8. The van der Waals surface area contributed by atoms with Crippen LogP contribution in [0.3, 0.4) is 0 Å². The molecule has 0 aromatic heterocycles. The fraction of sp³-hybridized carbons (Fsp3) is 0.556. The van der Waals surface area contributed by atoms with Crippen molar-refractivity contribution in [3.05, 3.63) is 34.9 Å². The monoisotopic (exact) mass is 362 g/mol. The summed E-state index contributed by atoms with van der Waals surface area (Å²) in [5, 5.41) is 3.78. The predicted molar refractivity (Wildman–Crippen MR) is 94.7 cm³/mol. The van der Waals surface area contributed by atoms with E-state index >= 15 is 0 Å². The summed E-state index contributed by atoms with van der Waals surface area (Å²) in [5.41, 5.74) is 7.46. The van der Waals surface area contributed by atoms with Gasteiger partial charge < -0.3 is 10.2 Å². The van der Waals surface area contributed by atoms with Gasteiger partial charge in [-0.25, -0.2) is 10.9 Å². The van der Waals surface area contributed by atoms with Gasteiger partial charge in [0.25, 0.3) is 0 Å². The number of hydrazine groups is 1. The molecule has 3 saturated heterocycles. The van der Waals surface area contributed by atoms with Gasteiger partial charge in [0.1, 0.15) is 6.04 Å². The van der Waals surface area contributed by atoms with E-state index in [1.807, 2.05) is 29.2 Å². The van der Waals surface area contributed by atoms with Crippen LogP contribution >= 0.6 is 11.6 Å². The number of nitrogens with zero attached hydrogens (tertiary/aromatic N) is 1. The van der Waals surface area contributed by atoms with Crippen LogP contribution in [0.15, 0.2) is 24.3 Å². The maximum absolute atomic E-state index is 13.0. The van der Waals surface area contributed by atoms with Crippen molar-refractivity contribution >= 4 is 23.4 Å². The van der Waals surface area contributed by atoms with Crippen molar-refractivity contribution < 1.29 is 9.59 Å². The minimum absolute atomic E-state index is 0.0714. The van der Waals surface area contributed by atoms with Crippen molar-refractivity contribution in [3.63, 3.8) is 0 Å². The van der Waals surface area contributed by atoms with Gasteiger partial charge in [-0.3, -0.25) is 9.59 Å². The highest BCUT2D eigenvalue weighted by Crippen LogP contribution is 2.26. The Bertz CT molecular complexity index is 666. The molecular formula is C18H23ClN4O2. The number of carbonyl (C=O) groups excluding carboxylic acids is 2. The number of amides is 2. The highest BCUT2D eigenvalue weighted by Gasteiger charge is 2.38. The molecular weight excluding hydrogens is 340 g/mol. The van der Waals surface area contributed by atoms with Crippen molar-refractivity contribution in [3.8, 4) is 0 Å². The first-order valence-corrected chi connectivity index (χ1v) is 9.33. The maximum Gasteiger partial charge on any atom is 0.241 e. The summed E-state index contributed by atoms with van der Waals surface area (Å²) in [4.78, 5) is 27.0. The second kappa shape index (κ2) is 6.94. The summed E-state index contributed by atoms with van der Waals surface area (Å²) < 4.78 is 0. The van der Waals surface area contributed by atoms with Crippen molar-refractivity contribution in [2.45, 2.75) is 43.8 Å². The molecule has 1 aromatic rings. The van der Waals surface area contributed by atoms with Gasteiger partial charge in [-0.05, 0) is 37.0 Å². The van der Waals surface area contributed by atoms with E-state index in [1.54, 1.807) is 0 Å². The zero-order valence-corrected chi connectivity index (χ0v) is 14.8. The van der Waals surface area contributed by atoms with E-state index in [0.29, 0.717) is 24.5 Å². The third kappa shape index (κ3) is 3.52. The number of carbonyl (C=O) groups is 2. The molecule has 0 spiro atoms. The molecule has 2 amide bonds. The topological polar surface area (TPSA) is 73.5 Å². The predicted octanol–water partition coefficient (Wildman–Crippen LogP) is 1.37. The zero-order valence-electron chi connectivity index (χ0n) is 14.0. The van der Waals surface area contributed by atoms with E-state index in [1.165, 1.54) is 0 Å². The van der Waals surface area contributed by atoms with Crippen LogP contribution in [-0.4, -0.2) is 41.9 Å². The molecule has 4 atom stereocenters. The van der Waals surface area contributed by atoms with Gasteiger partial charge in [0.15, 0.2) is 0 Å². The Kier molecular flexibility index (Phi) is 4.67. The largest absolute Gasteiger partial charge is 0.351 e. The van der Waals surface area contributed by atoms with E-state index in [0.717, 1.165) is 24.8 Å². The number of hydrogen-bond acceptors (Lipinski definition) is 4. The van der Waals surface area contributed by atoms with E-state index < -0.39 is 0 Å². The van der Waals surface area contributed by atoms with Gasteiger partial charge >= 0.3 is 0 Å². The van der Waals surface area contributed by atoms with E-state index in [2.05, 4.69) is 16.2 Å². The van der Waals surface area contributed by atoms with Gasteiger partial charge in [0.2, 0.25) is 11.8 Å². The van der Waals surface area contributed by atoms with Crippen molar-refractivity contribution in [2.75, 3.05) is 13.1 Å². The number of nitrogens with one attached hydrogen (secondary N) is 3. The first-order chi connectivity index (χ1) is 12.1. The second-order valence-electron chi connectivity index (χ2n) is 7.26.